The fourth-order valence-electron chi connectivity index (χ4n) is 8.24. The molecular weight excluding hydrogens is 718 g/mol. The fraction of sp³-hybridized carbons (Fsp3) is 0.618. The van der Waals surface area contributed by atoms with Crippen LogP contribution in [0.4, 0.5) is 35.1 Å². The summed E-state index contributed by atoms with van der Waals surface area (Å²) in [5, 5.41) is 0. The molecule has 0 bridgehead atoms. The van der Waals surface area contributed by atoms with Gasteiger partial charge in [-0.05, 0) is 80.8 Å². The first-order valence-electron chi connectivity index (χ1n) is 16.6. The second kappa shape index (κ2) is 13.0. The number of unbranched alkanes of at least 4 members (excludes halogenated alkanes) is 3. The minimum Gasteiger partial charge on any atom is -0.337 e. The first-order chi connectivity index (χ1) is 23.1. The summed E-state index contributed by atoms with van der Waals surface area (Å²) in [6.45, 7) is 3.46. The van der Waals surface area contributed by atoms with Crippen LogP contribution in [0.25, 0.3) is 0 Å². The number of nitrogens with zero attached hydrogens (tertiary/aromatic N) is 1. The van der Waals surface area contributed by atoms with Crippen molar-refractivity contribution in [2.45, 2.75) is 117 Å². The van der Waals surface area contributed by atoms with E-state index in [-0.39, 0.29) is 66.5 Å². The van der Waals surface area contributed by atoms with Gasteiger partial charge < -0.3 is 4.90 Å². The molecule has 1 amide bonds. The molecule has 278 valence electrons. The lowest BCUT2D eigenvalue weighted by molar-refractivity contribution is -0.348. The molecule has 2 fully saturated rings. The Morgan fingerprint density at radius 1 is 0.940 bits per heavy atom. The third kappa shape index (κ3) is 6.03. The van der Waals surface area contributed by atoms with Crippen LogP contribution in [0, 0.1) is 11.7 Å². The topological polar surface area (TPSA) is 88.6 Å². The van der Waals surface area contributed by atoms with Crippen LogP contribution in [0.5, 0.6) is 0 Å². The van der Waals surface area contributed by atoms with E-state index in [0.29, 0.717) is 18.9 Å². The molecule has 1 aliphatic carbocycles. The molecule has 2 unspecified atom stereocenters. The van der Waals surface area contributed by atoms with Crippen molar-refractivity contribution in [2.24, 2.45) is 5.92 Å². The molecule has 2 heterocycles. The summed E-state index contributed by atoms with van der Waals surface area (Å²) in [6, 6.07) is 4.03. The standard InChI is InChI=1S/C34H39F8NO5S2/c1-3-4-5-6-16-30(2)21-23(15-19-49(30,45)46)29(44)43-18-17-31(50(47,48)26-11-9-25(35)10-12-26)27-13-8-24(20-22(27)7-14-28(31)43)32(36,33(37,38)39)34(40,41)42/h8-13,20,23,28H,3-7,14-19,21H2,1-2H3/t23?,28-,30?,31-/m0/s1. The van der Waals surface area contributed by atoms with Crippen molar-refractivity contribution in [1.82, 2.24) is 4.90 Å². The smallest absolute Gasteiger partial charge is 0.337 e. The van der Waals surface area contributed by atoms with E-state index in [2.05, 4.69) is 0 Å². The predicted molar refractivity (Wildman–Crippen MR) is 169 cm³/mol. The normalized spacial score (nSPS) is 27.1. The largest absolute Gasteiger partial charge is 0.435 e. The van der Waals surface area contributed by atoms with Crippen molar-refractivity contribution in [2.75, 3.05) is 12.3 Å². The first kappa shape index (κ1) is 38.5. The summed E-state index contributed by atoms with van der Waals surface area (Å²) < 4.78 is 163. The highest BCUT2D eigenvalue weighted by Crippen LogP contribution is 2.57. The predicted octanol–water partition coefficient (Wildman–Crippen LogP) is 7.89. The van der Waals surface area contributed by atoms with E-state index >= 15 is 4.39 Å². The molecule has 0 saturated carbocycles. The molecule has 3 aliphatic rings. The van der Waals surface area contributed by atoms with Gasteiger partial charge in [-0.2, -0.15) is 26.3 Å². The Labute approximate surface area is 286 Å². The quantitative estimate of drug-likeness (QED) is 0.148. The van der Waals surface area contributed by atoms with Gasteiger partial charge in [0, 0.05) is 18.0 Å². The lowest BCUT2D eigenvalue weighted by Crippen LogP contribution is -2.55. The van der Waals surface area contributed by atoms with E-state index in [1.165, 1.54) is 4.90 Å². The van der Waals surface area contributed by atoms with Crippen LogP contribution < -0.4 is 0 Å². The van der Waals surface area contributed by atoms with Crippen molar-refractivity contribution in [3.63, 3.8) is 0 Å². The lowest BCUT2D eigenvalue weighted by Gasteiger charge is -2.44. The van der Waals surface area contributed by atoms with Gasteiger partial charge in [0.15, 0.2) is 19.7 Å². The fourth-order valence-corrected chi connectivity index (χ4v) is 12.6. The minimum atomic E-state index is -6.39. The maximum atomic E-state index is 15.1. The van der Waals surface area contributed by atoms with E-state index in [1.54, 1.807) is 6.92 Å². The van der Waals surface area contributed by atoms with Crippen molar-refractivity contribution in [1.29, 1.82) is 0 Å². The van der Waals surface area contributed by atoms with Gasteiger partial charge in [0.1, 0.15) is 10.6 Å². The van der Waals surface area contributed by atoms with Crippen LogP contribution in [0.1, 0.15) is 88.3 Å². The Bertz CT molecular complexity index is 1810. The van der Waals surface area contributed by atoms with Gasteiger partial charge in [-0.3, -0.25) is 4.79 Å². The SMILES string of the molecule is CCCCCCC1(C)CC(C(=O)N2CC[C@]3(S(=O)(=O)c4ccc(F)cc4)c4ccc(C(F)(C(F)(F)F)C(F)(F)F)cc4CC[C@H]23)CCS1(=O)=O. The van der Waals surface area contributed by atoms with Crippen molar-refractivity contribution in [3.8, 4) is 0 Å². The molecule has 2 saturated heterocycles. The molecule has 2 aromatic rings. The molecule has 6 nitrogen and oxygen atoms in total. The van der Waals surface area contributed by atoms with E-state index in [4.69, 9.17) is 0 Å². The Balaban J connectivity index is 1.58. The molecule has 16 heteroatoms. The van der Waals surface area contributed by atoms with Crippen LogP contribution in [0.15, 0.2) is 47.4 Å². The molecule has 5 rings (SSSR count). The first-order valence-corrected chi connectivity index (χ1v) is 19.7. The van der Waals surface area contributed by atoms with E-state index in [9.17, 15) is 52.4 Å². The highest BCUT2D eigenvalue weighted by Gasteiger charge is 2.74. The van der Waals surface area contributed by atoms with Gasteiger partial charge in [-0.15, -0.1) is 0 Å². The second-order valence-corrected chi connectivity index (χ2v) is 18.8. The monoisotopic (exact) mass is 757 g/mol. The number of aryl methyl sites for hydroxylation is 1. The third-order valence-electron chi connectivity index (χ3n) is 11.0. The Kier molecular flexibility index (Phi) is 10.0. The highest BCUT2D eigenvalue weighted by molar-refractivity contribution is 7.93. The van der Waals surface area contributed by atoms with Crippen LogP contribution in [-0.4, -0.2) is 63.1 Å². The van der Waals surface area contributed by atoms with Crippen molar-refractivity contribution in [3.05, 3.63) is 65.0 Å². The summed E-state index contributed by atoms with van der Waals surface area (Å²) in [4.78, 5) is 15.3. The Morgan fingerprint density at radius 2 is 1.58 bits per heavy atom. The number of hydrogen-bond donors (Lipinski definition) is 0. The van der Waals surface area contributed by atoms with Gasteiger partial charge in [0.2, 0.25) is 5.91 Å². The third-order valence-corrected chi connectivity index (χ3v) is 16.2. The number of hydrogen-bond acceptors (Lipinski definition) is 5. The molecule has 0 spiro atoms. The van der Waals surface area contributed by atoms with E-state index < -0.39 is 76.4 Å². The van der Waals surface area contributed by atoms with Crippen LogP contribution in [0.3, 0.4) is 0 Å². The van der Waals surface area contributed by atoms with E-state index in [1.807, 2.05) is 6.92 Å². The second-order valence-electron chi connectivity index (χ2n) is 14.0. The van der Waals surface area contributed by atoms with Crippen molar-refractivity contribution >= 4 is 25.6 Å². The Morgan fingerprint density at radius 3 is 2.18 bits per heavy atom. The number of rotatable bonds is 9. The number of halogens is 8. The van der Waals surface area contributed by atoms with Crippen LogP contribution >= 0.6 is 0 Å². The summed E-state index contributed by atoms with van der Waals surface area (Å²) in [7, 11) is -8.21. The molecule has 2 aromatic carbocycles. The number of alkyl halides is 7. The number of carbonyl (C=O) groups excluding carboxylic acids is 1. The molecule has 0 aromatic heterocycles. The average molecular weight is 758 g/mol. The van der Waals surface area contributed by atoms with E-state index in [0.717, 1.165) is 49.6 Å². The molecule has 0 radical (unpaired) electrons. The number of likely N-dealkylation sites (tertiary alicyclic amines) is 1. The molecular formula is C34H39F8NO5S2. The molecule has 50 heavy (non-hydrogen) atoms. The summed E-state index contributed by atoms with van der Waals surface area (Å²) >= 11 is 0. The number of fused-ring (bicyclic) bond motifs is 3. The molecule has 0 N–H and O–H groups in total. The number of amides is 1. The van der Waals surface area contributed by atoms with Crippen molar-refractivity contribution < 1.29 is 56.8 Å². The maximum absolute atomic E-state index is 15.1. The zero-order valence-electron chi connectivity index (χ0n) is 27.5. The highest BCUT2D eigenvalue weighted by atomic mass is 32.2. The van der Waals surface area contributed by atoms with Crippen LogP contribution in [0.2, 0.25) is 0 Å². The minimum absolute atomic E-state index is 0.0000625. The summed E-state index contributed by atoms with van der Waals surface area (Å²) in [5.41, 5.74) is -7.91. The lowest BCUT2D eigenvalue weighted by atomic mass is 9.76. The number of benzene rings is 2. The van der Waals surface area contributed by atoms with Gasteiger partial charge >= 0.3 is 18.0 Å². The Hall–Kier alpha value is -2.75. The average Bonchev–Trinajstić information content (AvgIpc) is 3.44. The maximum Gasteiger partial charge on any atom is 0.435 e. The van der Waals surface area contributed by atoms with Crippen LogP contribution in [-0.2, 0) is 41.3 Å². The van der Waals surface area contributed by atoms with Gasteiger partial charge in [0.25, 0.3) is 0 Å². The molecule has 4 atom stereocenters. The molecule has 2 aliphatic heterocycles. The zero-order chi connectivity index (χ0) is 37.1. The number of sulfone groups is 2. The summed E-state index contributed by atoms with van der Waals surface area (Å²) in [5.74, 6) is -2.29. The van der Waals surface area contributed by atoms with Gasteiger partial charge in [-0.25, -0.2) is 25.6 Å². The zero-order valence-corrected chi connectivity index (χ0v) is 29.1. The van der Waals surface area contributed by atoms with Gasteiger partial charge in [0.05, 0.1) is 21.4 Å². The summed E-state index contributed by atoms with van der Waals surface area (Å²) in [6.07, 6.45) is -9.92. The number of carbonyl (C=O) groups is 1. The van der Waals surface area contributed by atoms with Gasteiger partial charge in [-0.1, -0.05) is 50.8 Å².